The maximum atomic E-state index is 11.5. The van der Waals surface area contributed by atoms with Crippen molar-refractivity contribution in [1.29, 1.82) is 0 Å². The summed E-state index contributed by atoms with van der Waals surface area (Å²) in [4.78, 5) is 22.2. The smallest absolute Gasteiger partial charge is 0.341 e. The Bertz CT molecular complexity index is 431. The number of carbonyl (C=O) groups excluding carboxylic acids is 2. The van der Waals surface area contributed by atoms with Gasteiger partial charge < -0.3 is 21.9 Å². The lowest BCUT2D eigenvalue weighted by atomic mass is 10.1. The van der Waals surface area contributed by atoms with Gasteiger partial charge in [0.15, 0.2) is 6.10 Å². The fourth-order valence-electron chi connectivity index (χ4n) is 1.05. The Hall–Kier alpha value is -2.24. The van der Waals surface area contributed by atoms with Gasteiger partial charge in [-0.25, -0.2) is 4.79 Å². The molecule has 0 aliphatic heterocycles. The van der Waals surface area contributed by atoms with Crippen molar-refractivity contribution in [3.63, 3.8) is 0 Å². The van der Waals surface area contributed by atoms with Crippen molar-refractivity contribution in [3.8, 4) is 0 Å². The van der Waals surface area contributed by atoms with Crippen LogP contribution in [0.2, 0.25) is 0 Å². The van der Waals surface area contributed by atoms with E-state index in [-0.39, 0.29) is 11.3 Å². The maximum Gasteiger partial charge on any atom is 0.341 e. The molecule has 0 aliphatic rings. The van der Waals surface area contributed by atoms with Gasteiger partial charge in [0.2, 0.25) is 0 Å². The van der Waals surface area contributed by atoms with E-state index in [4.69, 9.17) is 21.9 Å². The average molecular weight is 223 g/mol. The number of carbonyl (C=O) groups is 2. The topological polar surface area (TPSA) is 121 Å². The predicted octanol–water partition coefficient (Wildman–Crippen LogP) is -0.118. The first-order valence-electron chi connectivity index (χ1n) is 4.57. The van der Waals surface area contributed by atoms with E-state index in [9.17, 15) is 9.59 Å². The lowest BCUT2D eigenvalue weighted by molar-refractivity contribution is -0.125. The number of nitrogens with two attached hydrogens (primary N) is 3. The summed E-state index contributed by atoms with van der Waals surface area (Å²) in [6.07, 6.45) is -0.996. The number of ether oxygens (including phenoxy) is 1. The molecule has 0 aliphatic carbocycles. The molecule has 16 heavy (non-hydrogen) atoms. The number of hydrogen-bond acceptors (Lipinski definition) is 5. The van der Waals surface area contributed by atoms with Crippen LogP contribution in [-0.2, 0) is 9.53 Å². The summed E-state index contributed by atoms with van der Waals surface area (Å²) in [6.45, 7) is 1.38. The normalized spacial score (nSPS) is 11.8. The lowest BCUT2D eigenvalue weighted by Crippen LogP contribution is -2.30. The molecule has 6 N–H and O–H groups in total. The van der Waals surface area contributed by atoms with Gasteiger partial charge in [-0.1, -0.05) is 0 Å². The molecule has 1 aromatic rings. The van der Waals surface area contributed by atoms with Crippen LogP contribution < -0.4 is 17.2 Å². The maximum absolute atomic E-state index is 11.5. The summed E-state index contributed by atoms with van der Waals surface area (Å²) in [7, 11) is 0. The monoisotopic (exact) mass is 223 g/mol. The van der Waals surface area contributed by atoms with Crippen molar-refractivity contribution < 1.29 is 14.3 Å². The largest absolute Gasteiger partial charge is 0.449 e. The van der Waals surface area contributed by atoms with Crippen LogP contribution in [0.3, 0.4) is 0 Å². The van der Waals surface area contributed by atoms with Gasteiger partial charge in [-0.3, -0.25) is 4.79 Å². The Balaban J connectivity index is 2.85. The third kappa shape index (κ3) is 2.63. The Morgan fingerprint density at radius 1 is 1.31 bits per heavy atom. The molecule has 0 bridgehead atoms. The first kappa shape index (κ1) is 11.8. The fourth-order valence-corrected chi connectivity index (χ4v) is 1.05. The van der Waals surface area contributed by atoms with Crippen LogP contribution in [0.1, 0.15) is 17.3 Å². The third-order valence-electron chi connectivity index (χ3n) is 1.98. The average Bonchev–Trinajstić information content (AvgIpc) is 2.16. The van der Waals surface area contributed by atoms with E-state index in [1.807, 2.05) is 0 Å². The number of nitrogen functional groups attached to an aromatic ring is 2. The quantitative estimate of drug-likeness (QED) is 0.487. The molecule has 6 nitrogen and oxygen atoms in total. The summed E-state index contributed by atoms with van der Waals surface area (Å²) in [5.41, 5.74) is 16.8. The molecule has 1 unspecified atom stereocenters. The predicted molar refractivity (Wildman–Crippen MR) is 59.3 cm³/mol. The summed E-state index contributed by atoms with van der Waals surface area (Å²) >= 11 is 0. The molecule has 1 atom stereocenters. The zero-order chi connectivity index (χ0) is 12.3. The van der Waals surface area contributed by atoms with Crippen molar-refractivity contribution in [2.75, 3.05) is 11.5 Å². The standard InChI is InChI=1S/C10H13N3O3/c1-5(9(13)14)16-10(15)7-3-2-6(11)4-8(7)12/h2-5H,11-12H2,1H3,(H2,13,14). The highest BCUT2D eigenvalue weighted by Crippen LogP contribution is 2.17. The number of esters is 1. The summed E-state index contributed by atoms with van der Waals surface area (Å²) in [6, 6.07) is 4.38. The van der Waals surface area contributed by atoms with E-state index in [1.165, 1.54) is 25.1 Å². The van der Waals surface area contributed by atoms with E-state index >= 15 is 0 Å². The van der Waals surface area contributed by atoms with Crippen molar-refractivity contribution in [2.24, 2.45) is 5.73 Å². The van der Waals surface area contributed by atoms with Crippen LogP contribution in [0.4, 0.5) is 11.4 Å². The van der Waals surface area contributed by atoms with Crippen LogP contribution >= 0.6 is 0 Å². The molecule has 0 heterocycles. The molecular weight excluding hydrogens is 210 g/mol. The minimum atomic E-state index is -0.996. The first-order chi connectivity index (χ1) is 7.41. The minimum Gasteiger partial charge on any atom is -0.449 e. The van der Waals surface area contributed by atoms with Crippen LogP contribution in [0.15, 0.2) is 18.2 Å². The molecule has 1 amide bonds. The molecule has 6 heteroatoms. The van der Waals surface area contributed by atoms with Gasteiger partial charge >= 0.3 is 5.97 Å². The number of primary amides is 1. The molecule has 0 aromatic heterocycles. The Kier molecular flexibility index (Phi) is 3.34. The van der Waals surface area contributed by atoms with Gasteiger partial charge in [0.1, 0.15) is 0 Å². The second-order valence-corrected chi connectivity index (χ2v) is 3.30. The Labute approximate surface area is 92.3 Å². The number of amides is 1. The van der Waals surface area contributed by atoms with Crippen LogP contribution in [0.5, 0.6) is 0 Å². The second-order valence-electron chi connectivity index (χ2n) is 3.30. The van der Waals surface area contributed by atoms with Crippen LogP contribution in [0, 0.1) is 0 Å². The van der Waals surface area contributed by atoms with E-state index < -0.39 is 18.0 Å². The number of rotatable bonds is 3. The highest BCUT2D eigenvalue weighted by atomic mass is 16.5. The molecule has 0 radical (unpaired) electrons. The summed E-state index contributed by atoms with van der Waals surface area (Å²) in [5.74, 6) is -1.42. The molecule has 86 valence electrons. The van der Waals surface area contributed by atoms with Crippen molar-refractivity contribution in [1.82, 2.24) is 0 Å². The van der Waals surface area contributed by atoms with Crippen molar-refractivity contribution >= 4 is 23.3 Å². The van der Waals surface area contributed by atoms with E-state index in [0.29, 0.717) is 5.69 Å². The lowest BCUT2D eigenvalue weighted by Gasteiger charge is -2.11. The van der Waals surface area contributed by atoms with E-state index in [0.717, 1.165) is 0 Å². The molecule has 0 saturated heterocycles. The highest BCUT2D eigenvalue weighted by molar-refractivity contribution is 5.97. The van der Waals surface area contributed by atoms with Crippen molar-refractivity contribution in [3.05, 3.63) is 23.8 Å². The molecular formula is C10H13N3O3. The van der Waals surface area contributed by atoms with Gasteiger partial charge in [-0.15, -0.1) is 0 Å². The van der Waals surface area contributed by atoms with E-state index in [1.54, 1.807) is 0 Å². The van der Waals surface area contributed by atoms with Crippen LogP contribution in [0.25, 0.3) is 0 Å². The molecule has 0 saturated carbocycles. The molecule has 0 spiro atoms. The van der Waals surface area contributed by atoms with Gasteiger partial charge in [0, 0.05) is 11.4 Å². The third-order valence-corrected chi connectivity index (χ3v) is 1.98. The van der Waals surface area contributed by atoms with Crippen LogP contribution in [-0.4, -0.2) is 18.0 Å². The molecule has 1 aromatic carbocycles. The number of hydrogen-bond donors (Lipinski definition) is 3. The van der Waals surface area contributed by atoms with Gasteiger partial charge in [0.05, 0.1) is 5.56 Å². The summed E-state index contributed by atoms with van der Waals surface area (Å²) in [5, 5.41) is 0. The van der Waals surface area contributed by atoms with Gasteiger partial charge in [-0.05, 0) is 25.1 Å². The molecule has 1 rings (SSSR count). The Morgan fingerprint density at radius 2 is 1.94 bits per heavy atom. The van der Waals surface area contributed by atoms with Crippen molar-refractivity contribution in [2.45, 2.75) is 13.0 Å². The fraction of sp³-hybridized carbons (Fsp3) is 0.200. The number of benzene rings is 1. The zero-order valence-corrected chi connectivity index (χ0v) is 8.77. The van der Waals surface area contributed by atoms with Gasteiger partial charge in [-0.2, -0.15) is 0 Å². The SMILES string of the molecule is CC(OC(=O)c1ccc(N)cc1N)C(N)=O. The summed E-state index contributed by atoms with van der Waals surface area (Å²) < 4.78 is 4.78. The first-order valence-corrected chi connectivity index (χ1v) is 4.57. The zero-order valence-electron chi connectivity index (χ0n) is 8.77. The highest BCUT2D eigenvalue weighted by Gasteiger charge is 2.17. The van der Waals surface area contributed by atoms with E-state index in [2.05, 4.69) is 0 Å². The van der Waals surface area contributed by atoms with Gasteiger partial charge in [0.25, 0.3) is 5.91 Å². The minimum absolute atomic E-state index is 0.155. The number of anilines is 2. The Morgan fingerprint density at radius 3 is 2.44 bits per heavy atom. The molecule has 0 fully saturated rings. The second kappa shape index (κ2) is 4.52.